The van der Waals surface area contributed by atoms with Gasteiger partial charge in [-0.05, 0) is 133 Å². The number of hydrogen-bond acceptors (Lipinski definition) is 24. The molecule has 0 fully saturated rings. The van der Waals surface area contributed by atoms with Crippen molar-refractivity contribution in [2.45, 2.75) is 20.8 Å². The van der Waals surface area contributed by atoms with Crippen molar-refractivity contribution >= 4 is 129 Å². The fraction of sp³-hybridized carbons (Fsp3) is 0.357. The zero-order valence-corrected chi connectivity index (χ0v) is 49.4. The zero-order chi connectivity index (χ0) is 57.5. The van der Waals surface area contributed by atoms with Crippen molar-refractivity contribution in [2.24, 2.45) is 28.1 Å². The summed E-state index contributed by atoms with van der Waals surface area (Å²) in [7, 11) is -2.23. The number of anilines is 3. The third-order valence-electron chi connectivity index (χ3n) is 10.4. The van der Waals surface area contributed by atoms with Crippen molar-refractivity contribution in [1.82, 2.24) is 47.4 Å². The summed E-state index contributed by atoms with van der Waals surface area (Å²) in [4.78, 5) is 12.5. The first kappa shape index (κ1) is 64.4. The highest BCUT2D eigenvalue weighted by Crippen LogP contribution is 2.26. The van der Waals surface area contributed by atoms with Gasteiger partial charge in [-0.2, -0.15) is 0 Å². The van der Waals surface area contributed by atoms with E-state index in [9.17, 15) is 41.4 Å². The fourth-order valence-electron chi connectivity index (χ4n) is 5.90. The fourth-order valence-corrected chi connectivity index (χ4v) is 10.5. The van der Waals surface area contributed by atoms with Crippen molar-refractivity contribution in [3.05, 3.63) is 103 Å². The summed E-state index contributed by atoms with van der Waals surface area (Å²) < 4.78 is 103. The van der Waals surface area contributed by atoms with E-state index < -0.39 is 46.6 Å². The summed E-state index contributed by atoms with van der Waals surface area (Å²) in [6.07, 6.45) is 0. The highest BCUT2D eigenvalue weighted by molar-refractivity contribution is 9.11. The molecule has 36 heteroatoms. The van der Waals surface area contributed by atoms with Crippen LogP contribution < -0.4 is 32.4 Å². The van der Waals surface area contributed by atoms with Crippen molar-refractivity contribution in [3.8, 4) is 0 Å². The minimum atomic E-state index is -2.27. The highest BCUT2D eigenvalue weighted by atomic mass is 79.9. The van der Waals surface area contributed by atoms with Gasteiger partial charge in [-0.25, -0.2) is 67.8 Å². The Morgan fingerprint density at radius 1 is 0.487 bits per heavy atom. The largest absolute Gasteiger partial charge is 0.364 e. The Bertz CT molecular complexity index is 3080. The monoisotopic (exact) mass is 1340 g/mol. The predicted molar refractivity (Wildman–Crippen MR) is 300 cm³/mol. The van der Waals surface area contributed by atoms with Crippen molar-refractivity contribution in [1.29, 1.82) is 0 Å². The van der Waals surface area contributed by atoms with Crippen LogP contribution in [0.25, 0.3) is 0 Å². The Morgan fingerprint density at radius 2 is 0.744 bits per heavy atom. The molecule has 0 saturated heterocycles. The van der Waals surface area contributed by atoms with Crippen LogP contribution in [0.3, 0.4) is 0 Å². The number of amidine groups is 3. The van der Waals surface area contributed by atoms with E-state index in [4.69, 9.17) is 0 Å². The van der Waals surface area contributed by atoms with E-state index in [-0.39, 0.29) is 65.5 Å². The first-order chi connectivity index (χ1) is 37.3. The molecule has 3 aromatic heterocycles. The number of aromatic nitrogens is 6. The van der Waals surface area contributed by atoms with Crippen LogP contribution in [-0.2, 0) is 29.2 Å². The summed E-state index contributed by atoms with van der Waals surface area (Å²) in [5.74, 6) is 1.44. The first-order valence-electron chi connectivity index (χ1n) is 22.6. The van der Waals surface area contributed by atoms with Gasteiger partial charge in [0.15, 0.2) is 34.6 Å². The summed E-state index contributed by atoms with van der Waals surface area (Å²) in [6, 6.07) is 12.3. The molecule has 3 aromatic carbocycles. The van der Waals surface area contributed by atoms with Gasteiger partial charge in [-0.15, -0.1) is 0 Å². The number of nitrogens with zero attached hydrogens (tertiary/aromatic N) is 12. The summed E-state index contributed by atoms with van der Waals surface area (Å²) >= 11 is 9.20. The molecule has 0 aliphatic carbocycles. The molecule has 6 aromatic rings. The van der Waals surface area contributed by atoms with Gasteiger partial charge in [0.25, 0.3) is 0 Å². The molecule has 0 aliphatic heterocycles. The number of halogens is 6. The van der Waals surface area contributed by atoms with Crippen LogP contribution in [0, 0.1) is 17.5 Å². The van der Waals surface area contributed by atoms with E-state index in [1.54, 1.807) is 20.8 Å². The van der Waals surface area contributed by atoms with Gasteiger partial charge in [0.05, 0.1) is 30.5 Å². The first-order valence-corrected chi connectivity index (χ1v) is 30.5. The number of aliphatic imine (C=N–C) groups is 3. The van der Waals surface area contributed by atoms with Gasteiger partial charge < -0.3 is 16.0 Å². The molecule has 0 saturated carbocycles. The number of benzene rings is 3. The Hall–Kier alpha value is -6.15. The molecular formula is C42H54Br3F3N18O9S3. The van der Waals surface area contributed by atoms with Crippen LogP contribution in [0.2, 0.25) is 0 Å². The minimum Gasteiger partial charge on any atom is -0.364 e. The van der Waals surface area contributed by atoms with Gasteiger partial charge in [0.1, 0.15) is 17.5 Å². The van der Waals surface area contributed by atoms with E-state index in [1.807, 2.05) is 16.4 Å². The second-order valence-corrected chi connectivity index (χ2v) is 26.3. The number of rotatable bonds is 21. The maximum Gasteiger partial charge on any atom is 0.202 e. The average molecular weight is 1350 g/mol. The highest BCUT2D eigenvalue weighted by Gasteiger charge is 2.20. The molecule has 0 radical (unpaired) electrons. The van der Waals surface area contributed by atoms with Crippen LogP contribution in [0.4, 0.5) is 47.7 Å². The molecule has 3 atom stereocenters. The lowest BCUT2D eigenvalue weighted by Gasteiger charge is -2.08. The van der Waals surface area contributed by atoms with Gasteiger partial charge in [0.2, 0.25) is 17.5 Å². The topological polar surface area (TPSA) is 375 Å². The Kier molecular flexibility index (Phi) is 26.0. The standard InChI is InChI=1S/3C14H18BrFN6O3S/c3*1-3-26(24,17-2)7-6-18-13-12(21-25-22-13)14(20-23)19-9-4-5-11(16)10(15)8-9/h3*4-5,8,23H,3,6-7H2,1-2H3,(H,18,22)(H,19,20)/t2*26-;/m10./s1. The Morgan fingerprint density at radius 3 is 0.949 bits per heavy atom. The van der Waals surface area contributed by atoms with E-state index >= 15 is 0 Å². The number of hydroxylamine groups is 3. The quantitative estimate of drug-likeness (QED) is 0.0189. The summed E-state index contributed by atoms with van der Waals surface area (Å²) in [5, 5.41) is 59.1. The SMILES string of the molecule is CCS(=O)(CCNc1nonc1C(=Nc1ccc(F)c(Br)c1)NO)=NC.CC[S@@](=O)(CCNc1nonc1C(=Nc1ccc(F)c(Br)c1)NO)=NC.CC[S@](=O)(CCNc1nonc1C(=Nc1ccc(F)c(Br)c1)NO)=NC. The molecule has 78 heavy (non-hydrogen) atoms. The van der Waals surface area contributed by atoms with Crippen molar-refractivity contribution < 1.29 is 55.3 Å². The molecule has 1 unspecified atom stereocenters. The van der Waals surface area contributed by atoms with Gasteiger partial charge >= 0.3 is 0 Å². The summed E-state index contributed by atoms with van der Waals surface area (Å²) in [5.41, 5.74) is 7.20. The van der Waals surface area contributed by atoms with Crippen LogP contribution in [0.1, 0.15) is 37.9 Å². The minimum absolute atomic E-state index is 0.0522. The van der Waals surface area contributed by atoms with Crippen LogP contribution in [-0.4, -0.2) is 152 Å². The van der Waals surface area contributed by atoms with E-state index in [2.05, 4.69) is 137 Å². The van der Waals surface area contributed by atoms with Gasteiger partial charge in [-0.3, -0.25) is 32.1 Å². The third kappa shape index (κ3) is 19.0. The zero-order valence-electron chi connectivity index (χ0n) is 42.2. The lowest BCUT2D eigenvalue weighted by Crippen LogP contribution is -2.23. The Balaban J connectivity index is 0.000000252. The molecule has 0 amide bonds. The number of hydrogen-bond donors (Lipinski definition) is 9. The lowest BCUT2D eigenvalue weighted by atomic mass is 10.3. The average Bonchev–Trinajstić information content (AvgIpc) is 4.25. The third-order valence-corrected chi connectivity index (χ3v) is 19.4. The molecule has 0 bridgehead atoms. The molecule has 3 heterocycles. The maximum absolute atomic E-state index is 13.3. The Labute approximate surface area is 471 Å². The molecule has 6 rings (SSSR count). The summed E-state index contributed by atoms with van der Waals surface area (Å²) in [6.45, 7) is 6.35. The molecule has 27 nitrogen and oxygen atoms in total. The van der Waals surface area contributed by atoms with E-state index in [1.165, 1.54) is 75.7 Å². The molecule has 426 valence electrons. The van der Waals surface area contributed by atoms with E-state index in [0.29, 0.717) is 71.2 Å². The smallest absolute Gasteiger partial charge is 0.202 e. The second kappa shape index (κ2) is 31.4. The molecule has 9 N–H and O–H groups in total. The molecule has 0 spiro atoms. The lowest BCUT2D eigenvalue weighted by molar-refractivity contribution is 0.233. The molecular weight excluding hydrogens is 1290 g/mol. The predicted octanol–water partition coefficient (Wildman–Crippen LogP) is 7.67. The molecule has 0 aliphatic rings. The van der Waals surface area contributed by atoms with Crippen LogP contribution in [0.5, 0.6) is 0 Å². The van der Waals surface area contributed by atoms with Crippen molar-refractivity contribution in [3.63, 3.8) is 0 Å². The van der Waals surface area contributed by atoms with Gasteiger partial charge in [-0.1, -0.05) is 20.8 Å². The van der Waals surface area contributed by atoms with Gasteiger partial charge in [0, 0.05) is 104 Å². The normalized spacial score (nSPS) is 14.0. The van der Waals surface area contributed by atoms with Crippen LogP contribution >= 0.6 is 47.8 Å². The van der Waals surface area contributed by atoms with E-state index in [0.717, 1.165) is 0 Å². The number of nitrogens with one attached hydrogen (secondary N) is 6. The second-order valence-electron chi connectivity index (χ2n) is 15.0. The maximum atomic E-state index is 13.3. The van der Waals surface area contributed by atoms with Crippen LogP contribution in [0.15, 0.2) is 110 Å². The van der Waals surface area contributed by atoms with Crippen molar-refractivity contribution in [2.75, 3.05) is 91.2 Å².